The van der Waals surface area contributed by atoms with E-state index in [0.29, 0.717) is 22.9 Å². The van der Waals surface area contributed by atoms with Crippen LogP contribution in [0.1, 0.15) is 0 Å². The summed E-state index contributed by atoms with van der Waals surface area (Å²) >= 11 is 0. The van der Waals surface area contributed by atoms with Crippen molar-refractivity contribution in [3.8, 4) is 23.3 Å². The monoisotopic (exact) mass is 374 g/mol. The van der Waals surface area contributed by atoms with E-state index in [9.17, 15) is 13.7 Å². The molecule has 7 nitrogen and oxygen atoms in total. The van der Waals surface area contributed by atoms with Crippen molar-refractivity contribution < 1.29 is 22.6 Å². The Hall–Kier alpha value is -3.18. The molecule has 136 valence electrons. The largest absolute Gasteiger partial charge is 0.497 e. The second-order valence-corrected chi connectivity index (χ2v) is 6.93. The quantitative estimate of drug-likeness (QED) is 0.744. The van der Waals surface area contributed by atoms with Crippen LogP contribution in [0, 0.1) is 11.3 Å². The van der Waals surface area contributed by atoms with E-state index in [4.69, 9.17) is 14.2 Å². The first-order valence-corrected chi connectivity index (χ1v) is 8.92. The molecule has 0 heterocycles. The van der Waals surface area contributed by atoms with Crippen LogP contribution in [-0.2, 0) is 9.84 Å². The molecule has 8 heteroatoms. The van der Waals surface area contributed by atoms with Crippen LogP contribution in [0.15, 0.2) is 58.5 Å². The number of methoxy groups -OCH3 is 3. The van der Waals surface area contributed by atoms with Gasteiger partial charge in [-0.25, -0.2) is 8.42 Å². The van der Waals surface area contributed by atoms with Crippen LogP contribution < -0.4 is 19.5 Å². The van der Waals surface area contributed by atoms with Gasteiger partial charge in [-0.2, -0.15) is 5.26 Å². The van der Waals surface area contributed by atoms with Crippen LogP contribution in [0.4, 0.5) is 5.69 Å². The number of rotatable bonds is 7. The van der Waals surface area contributed by atoms with E-state index in [1.807, 2.05) is 0 Å². The highest BCUT2D eigenvalue weighted by Gasteiger charge is 2.21. The fourth-order valence-corrected chi connectivity index (χ4v) is 3.20. The molecule has 0 radical (unpaired) electrons. The number of sulfone groups is 1. The molecule has 0 saturated heterocycles. The summed E-state index contributed by atoms with van der Waals surface area (Å²) < 4.78 is 40.6. The van der Waals surface area contributed by atoms with Crippen LogP contribution in [0.5, 0.6) is 17.2 Å². The summed E-state index contributed by atoms with van der Waals surface area (Å²) in [5, 5.41) is 12.1. The maximum atomic E-state index is 12.6. The molecule has 0 spiro atoms. The van der Waals surface area contributed by atoms with Crippen molar-refractivity contribution in [2.24, 2.45) is 0 Å². The molecule has 0 unspecified atom stereocenters. The van der Waals surface area contributed by atoms with Crippen LogP contribution in [0.3, 0.4) is 0 Å². The number of hydrogen-bond acceptors (Lipinski definition) is 7. The Labute approximate surface area is 152 Å². The lowest BCUT2D eigenvalue weighted by molar-refractivity contribution is 0.395. The van der Waals surface area contributed by atoms with Gasteiger partial charge in [0.25, 0.3) is 0 Å². The Balaban J connectivity index is 2.34. The molecule has 2 aromatic carbocycles. The van der Waals surface area contributed by atoms with Gasteiger partial charge in [-0.15, -0.1) is 0 Å². The Morgan fingerprint density at radius 3 is 2.15 bits per heavy atom. The van der Waals surface area contributed by atoms with Gasteiger partial charge in [-0.3, -0.25) is 0 Å². The number of nitrogens with zero attached hydrogens (tertiary/aromatic N) is 1. The van der Waals surface area contributed by atoms with Gasteiger partial charge in [0.1, 0.15) is 23.3 Å². The lowest BCUT2D eigenvalue weighted by Gasteiger charge is -2.10. The summed E-state index contributed by atoms with van der Waals surface area (Å²) in [6.07, 6.45) is 1.13. The van der Waals surface area contributed by atoms with E-state index >= 15 is 0 Å². The highest BCUT2D eigenvalue weighted by atomic mass is 32.2. The van der Waals surface area contributed by atoms with Gasteiger partial charge in [0, 0.05) is 12.3 Å². The van der Waals surface area contributed by atoms with Crippen molar-refractivity contribution in [3.05, 3.63) is 53.6 Å². The molecular weight excluding hydrogens is 356 g/mol. The number of benzene rings is 2. The standard InChI is InChI=1S/C18H18N2O5S/c1-23-13-4-7-15(8-5-13)26(21,22)16(11-19)12-20-17-9-6-14(24-2)10-18(17)25-3/h4-10,12,20H,1-3H3/b16-12+. The van der Waals surface area contributed by atoms with Gasteiger partial charge in [0.05, 0.1) is 31.9 Å². The van der Waals surface area contributed by atoms with Crippen molar-refractivity contribution in [2.45, 2.75) is 4.90 Å². The molecular formula is C18H18N2O5S. The van der Waals surface area contributed by atoms with E-state index in [1.54, 1.807) is 24.3 Å². The molecule has 2 aromatic rings. The third kappa shape index (κ3) is 4.07. The second kappa shape index (κ2) is 8.27. The van der Waals surface area contributed by atoms with Gasteiger partial charge in [-0.1, -0.05) is 0 Å². The average Bonchev–Trinajstić information content (AvgIpc) is 2.68. The summed E-state index contributed by atoms with van der Waals surface area (Å²) in [5.41, 5.74) is 0.492. The molecule has 1 N–H and O–H groups in total. The molecule has 0 amide bonds. The predicted molar refractivity (Wildman–Crippen MR) is 97.0 cm³/mol. The Morgan fingerprint density at radius 2 is 1.62 bits per heavy atom. The number of hydrogen-bond donors (Lipinski definition) is 1. The zero-order chi connectivity index (χ0) is 19.2. The van der Waals surface area contributed by atoms with Gasteiger partial charge >= 0.3 is 0 Å². The van der Waals surface area contributed by atoms with Gasteiger partial charge in [0.2, 0.25) is 9.84 Å². The average molecular weight is 374 g/mol. The fraction of sp³-hybridized carbons (Fsp3) is 0.167. The number of nitrogens with one attached hydrogen (secondary N) is 1. The van der Waals surface area contributed by atoms with Crippen molar-refractivity contribution in [2.75, 3.05) is 26.6 Å². The van der Waals surface area contributed by atoms with Crippen LogP contribution >= 0.6 is 0 Å². The highest BCUT2D eigenvalue weighted by molar-refractivity contribution is 7.95. The van der Waals surface area contributed by atoms with E-state index in [1.165, 1.54) is 45.6 Å². The normalized spacial score (nSPS) is 11.4. The van der Waals surface area contributed by atoms with Crippen LogP contribution in [-0.4, -0.2) is 29.7 Å². The number of ether oxygens (including phenoxy) is 3. The zero-order valence-corrected chi connectivity index (χ0v) is 15.3. The Kier molecular flexibility index (Phi) is 6.09. The molecule has 0 saturated carbocycles. The fourth-order valence-electron chi connectivity index (χ4n) is 2.11. The minimum atomic E-state index is -3.96. The number of allylic oxidation sites excluding steroid dienone is 1. The van der Waals surface area contributed by atoms with Crippen molar-refractivity contribution in [1.29, 1.82) is 5.26 Å². The first-order valence-electron chi connectivity index (χ1n) is 7.44. The van der Waals surface area contributed by atoms with Crippen molar-refractivity contribution >= 4 is 15.5 Å². The lowest BCUT2D eigenvalue weighted by atomic mass is 10.2. The van der Waals surface area contributed by atoms with Crippen molar-refractivity contribution in [3.63, 3.8) is 0 Å². The Morgan fingerprint density at radius 1 is 1.00 bits per heavy atom. The molecule has 0 aliphatic carbocycles. The first kappa shape index (κ1) is 19.1. The topological polar surface area (TPSA) is 97.7 Å². The summed E-state index contributed by atoms with van der Waals surface area (Å²) in [4.78, 5) is -0.435. The molecule has 2 rings (SSSR count). The smallest absolute Gasteiger partial charge is 0.218 e. The summed E-state index contributed by atoms with van der Waals surface area (Å²) in [5.74, 6) is 1.55. The van der Waals surface area contributed by atoms with Crippen LogP contribution in [0.2, 0.25) is 0 Å². The third-order valence-corrected chi connectivity index (χ3v) is 5.22. The minimum Gasteiger partial charge on any atom is -0.497 e. The maximum absolute atomic E-state index is 12.6. The number of nitriles is 1. The second-order valence-electron chi connectivity index (χ2n) is 5.01. The van der Waals surface area contributed by atoms with E-state index in [2.05, 4.69) is 5.32 Å². The van der Waals surface area contributed by atoms with Gasteiger partial charge in [0.15, 0.2) is 4.91 Å². The predicted octanol–water partition coefficient (Wildman–Crippen LogP) is 2.96. The van der Waals surface area contributed by atoms with Gasteiger partial charge in [-0.05, 0) is 36.4 Å². The molecule has 0 aliphatic rings. The van der Waals surface area contributed by atoms with Gasteiger partial charge < -0.3 is 19.5 Å². The lowest BCUT2D eigenvalue weighted by Crippen LogP contribution is -2.06. The van der Waals surface area contributed by atoms with E-state index < -0.39 is 14.7 Å². The van der Waals surface area contributed by atoms with E-state index in [-0.39, 0.29) is 4.90 Å². The SMILES string of the molecule is COc1ccc(S(=O)(=O)/C(C#N)=C/Nc2ccc(OC)cc2OC)cc1. The molecule has 0 aromatic heterocycles. The molecule has 0 bridgehead atoms. The molecule has 0 aliphatic heterocycles. The summed E-state index contributed by atoms with van der Waals surface area (Å²) in [7, 11) is 0.520. The Bertz CT molecular complexity index is 945. The summed E-state index contributed by atoms with van der Waals surface area (Å²) in [6, 6.07) is 12.5. The molecule has 26 heavy (non-hydrogen) atoms. The molecule has 0 atom stereocenters. The maximum Gasteiger partial charge on any atom is 0.218 e. The minimum absolute atomic E-state index is 0.00500. The zero-order valence-electron chi connectivity index (χ0n) is 14.5. The molecule has 0 fully saturated rings. The first-order chi connectivity index (χ1) is 12.5. The van der Waals surface area contributed by atoms with Crippen LogP contribution in [0.25, 0.3) is 0 Å². The third-order valence-electron chi connectivity index (χ3n) is 3.54. The van der Waals surface area contributed by atoms with E-state index in [0.717, 1.165) is 6.20 Å². The number of anilines is 1. The summed E-state index contributed by atoms with van der Waals surface area (Å²) in [6.45, 7) is 0. The highest BCUT2D eigenvalue weighted by Crippen LogP contribution is 2.29. The van der Waals surface area contributed by atoms with Crippen molar-refractivity contribution in [1.82, 2.24) is 0 Å².